The van der Waals surface area contributed by atoms with Gasteiger partial charge >= 0.3 is 0 Å². The number of ether oxygens (including phenoxy) is 1. The van der Waals surface area contributed by atoms with Gasteiger partial charge in [-0.05, 0) is 49.6 Å². The highest BCUT2D eigenvalue weighted by Gasteiger charge is 2.21. The van der Waals surface area contributed by atoms with Crippen LogP contribution in [0.15, 0.2) is 47.4 Å². The number of para-hydroxylation sites is 1. The predicted octanol–water partition coefficient (Wildman–Crippen LogP) is 4.22. The molecule has 2 aromatic rings. The average molecular weight is 332 g/mol. The molecule has 0 amide bonds. The Kier molecular flexibility index (Phi) is 5.40. The molecule has 23 heavy (non-hydrogen) atoms. The van der Waals surface area contributed by atoms with E-state index in [-0.39, 0.29) is 0 Å². The van der Waals surface area contributed by atoms with Crippen molar-refractivity contribution in [1.82, 2.24) is 0 Å². The second-order valence-corrected chi connectivity index (χ2v) is 6.21. The molecule has 2 aromatic carbocycles. The van der Waals surface area contributed by atoms with Gasteiger partial charge in [-0.3, -0.25) is 0 Å². The first-order valence-electron chi connectivity index (χ1n) is 7.60. The Morgan fingerprint density at radius 3 is 2.52 bits per heavy atom. The third kappa shape index (κ3) is 3.97. The Labute approximate surface area is 140 Å². The Hall–Kier alpha value is -1.73. The smallest absolute Gasteiger partial charge is 0.166 e. The monoisotopic (exact) mass is 332 g/mol. The molecule has 3 rings (SSSR count). The minimum atomic E-state index is 0.769. The van der Waals surface area contributed by atoms with Crippen molar-refractivity contribution in [3.8, 4) is 11.5 Å². The van der Waals surface area contributed by atoms with Gasteiger partial charge in [0.05, 0.1) is 22.6 Å². The summed E-state index contributed by atoms with van der Waals surface area (Å²) in [6.45, 7) is 4.12. The third-order valence-electron chi connectivity index (χ3n) is 3.75. The minimum absolute atomic E-state index is 0.769. The summed E-state index contributed by atoms with van der Waals surface area (Å²) in [5.41, 5.74) is 2.21. The van der Waals surface area contributed by atoms with Gasteiger partial charge in [-0.15, -0.1) is 9.32 Å². The second kappa shape index (κ2) is 7.70. The normalized spacial score (nSPS) is 14.3. The van der Waals surface area contributed by atoms with E-state index in [4.69, 9.17) is 15.0 Å². The third-order valence-corrected chi connectivity index (χ3v) is 4.38. The SMILES string of the molecule is Cc1cc(SOON)c(Oc2ccccc2)c(N2CCCC2)c1. The summed E-state index contributed by atoms with van der Waals surface area (Å²) in [6.07, 6.45) is 2.40. The van der Waals surface area contributed by atoms with Gasteiger partial charge in [0.2, 0.25) is 0 Å². The summed E-state index contributed by atoms with van der Waals surface area (Å²) in [7, 11) is 0. The highest BCUT2D eigenvalue weighted by Crippen LogP contribution is 2.43. The molecule has 2 N–H and O–H groups in total. The van der Waals surface area contributed by atoms with Crippen LogP contribution in [0.1, 0.15) is 18.4 Å². The molecule has 5 nitrogen and oxygen atoms in total. The molecule has 0 spiro atoms. The van der Waals surface area contributed by atoms with Gasteiger partial charge in [-0.25, -0.2) is 0 Å². The summed E-state index contributed by atoms with van der Waals surface area (Å²) >= 11 is 1.05. The van der Waals surface area contributed by atoms with Crippen LogP contribution in [0, 0.1) is 6.92 Å². The average Bonchev–Trinajstić information content (AvgIpc) is 3.10. The van der Waals surface area contributed by atoms with E-state index < -0.39 is 0 Å². The van der Waals surface area contributed by atoms with Crippen molar-refractivity contribution in [3.63, 3.8) is 0 Å². The van der Waals surface area contributed by atoms with Crippen molar-refractivity contribution in [3.05, 3.63) is 48.0 Å². The van der Waals surface area contributed by atoms with Crippen LogP contribution in [0.25, 0.3) is 0 Å². The van der Waals surface area contributed by atoms with Crippen LogP contribution >= 0.6 is 12.0 Å². The first-order valence-corrected chi connectivity index (χ1v) is 8.34. The number of benzene rings is 2. The van der Waals surface area contributed by atoms with E-state index in [0.717, 1.165) is 52.8 Å². The first kappa shape index (κ1) is 16.1. The fraction of sp³-hybridized carbons (Fsp3) is 0.294. The Morgan fingerprint density at radius 1 is 1.09 bits per heavy atom. The highest BCUT2D eigenvalue weighted by atomic mass is 32.2. The number of hydrogen-bond donors (Lipinski definition) is 1. The fourth-order valence-electron chi connectivity index (χ4n) is 2.74. The van der Waals surface area contributed by atoms with Crippen molar-refractivity contribution in [2.24, 2.45) is 5.90 Å². The van der Waals surface area contributed by atoms with E-state index in [1.807, 2.05) is 36.4 Å². The van der Waals surface area contributed by atoms with E-state index >= 15 is 0 Å². The van der Waals surface area contributed by atoms with Crippen molar-refractivity contribution in [2.75, 3.05) is 18.0 Å². The van der Waals surface area contributed by atoms with Crippen LogP contribution in [-0.2, 0) is 9.32 Å². The van der Waals surface area contributed by atoms with Gasteiger partial charge in [0.1, 0.15) is 5.75 Å². The number of rotatable bonds is 6. The lowest BCUT2D eigenvalue weighted by atomic mass is 10.2. The predicted molar refractivity (Wildman–Crippen MR) is 91.4 cm³/mol. The number of hydrogen-bond acceptors (Lipinski definition) is 6. The van der Waals surface area contributed by atoms with Gasteiger partial charge in [-0.2, -0.15) is 5.90 Å². The molecule has 6 heteroatoms. The number of nitrogens with zero attached hydrogens (tertiary/aromatic N) is 1. The first-order chi connectivity index (χ1) is 11.3. The van der Waals surface area contributed by atoms with Crippen molar-refractivity contribution in [1.29, 1.82) is 0 Å². The summed E-state index contributed by atoms with van der Waals surface area (Å²) in [6, 6.07) is 13.9. The fourth-order valence-corrected chi connectivity index (χ4v) is 3.31. The Bertz CT molecular complexity index is 646. The molecule has 0 saturated carbocycles. The lowest BCUT2D eigenvalue weighted by molar-refractivity contribution is -0.195. The number of aryl methyl sites for hydroxylation is 1. The standard InChI is InChI=1S/C17H20N2O3S/c1-13-11-15(19-9-5-6-10-19)17(16(12-13)23-22-21-18)20-14-7-3-2-4-8-14/h2-4,7-8,11-12H,5-6,9-10,18H2,1H3. The summed E-state index contributed by atoms with van der Waals surface area (Å²) in [5.74, 6) is 6.54. The lowest BCUT2D eigenvalue weighted by Crippen LogP contribution is -2.18. The maximum atomic E-state index is 6.17. The molecule has 0 aromatic heterocycles. The molecule has 0 aliphatic carbocycles. The van der Waals surface area contributed by atoms with E-state index in [0.29, 0.717) is 0 Å². The maximum Gasteiger partial charge on any atom is 0.166 e. The summed E-state index contributed by atoms with van der Waals surface area (Å²) in [4.78, 5) is 7.43. The van der Waals surface area contributed by atoms with Crippen LogP contribution < -0.4 is 15.5 Å². The Morgan fingerprint density at radius 2 is 1.83 bits per heavy atom. The Balaban J connectivity index is 2.00. The zero-order valence-corrected chi connectivity index (χ0v) is 13.8. The van der Waals surface area contributed by atoms with E-state index in [9.17, 15) is 0 Å². The maximum absolute atomic E-state index is 6.17. The molecule has 0 unspecified atom stereocenters. The van der Waals surface area contributed by atoms with E-state index in [1.54, 1.807) is 0 Å². The van der Waals surface area contributed by atoms with Gasteiger partial charge in [0, 0.05) is 13.1 Å². The minimum Gasteiger partial charge on any atom is -0.454 e. The molecule has 1 aliphatic rings. The topological polar surface area (TPSA) is 57.0 Å². The quantitative estimate of drug-likeness (QED) is 0.486. The number of nitrogens with two attached hydrogens (primary N) is 1. The lowest BCUT2D eigenvalue weighted by Gasteiger charge is -2.23. The molecule has 0 atom stereocenters. The molecule has 1 heterocycles. The molecular formula is C17H20N2O3S. The highest BCUT2D eigenvalue weighted by molar-refractivity contribution is 7.94. The van der Waals surface area contributed by atoms with Crippen molar-refractivity contribution >= 4 is 17.7 Å². The van der Waals surface area contributed by atoms with Crippen LogP contribution in [-0.4, -0.2) is 13.1 Å². The number of anilines is 1. The molecule has 0 radical (unpaired) electrons. The van der Waals surface area contributed by atoms with Gasteiger partial charge in [0.15, 0.2) is 5.75 Å². The summed E-state index contributed by atoms with van der Waals surface area (Å²) < 4.78 is 11.0. The van der Waals surface area contributed by atoms with Crippen LogP contribution in [0.3, 0.4) is 0 Å². The molecular weight excluding hydrogens is 312 g/mol. The molecule has 122 valence electrons. The van der Waals surface area contributed by atoms with Crippen molar-refractivity contribution in [2.45, 2.75) is 24.7 Å². The van der Waals surface area contributed by atoms with Crippen LogP contribution in [0.5, 0.6) is 11.5 Å². The zero-order valence-electron chi connectivity index (χ0n) is 13.0. The molecule has 0 bridgehead atoms. The van der Waals surface area contributed by atoms with E-state index in [1.165, 1.54) is 12.8 Å². The molecule has 1 fully saturated rings. The van der Waals surface area contributed by atoms with Gasteiger partial charge < -0.3 is 9.64 Å². The molecule has 1 aliphatic heterocycles. The van der Waals surface area contributed by atoms with Crippen LogP contribution in [0.2, 0.25) is 0 Å². The van der Waals surface area contributed by atoms with Gasteiger partial charge in [0.25, 0.3) is 0 Å². The second-order valence-electron chi connectivity index (χ2n) is 5.47. The largest absolute Gasteiger partial charge is 0.454 e. The molecule has 1 saturated heterocycles. The van der Waals surface area contributed by atoms with Crippen LogP contribution in [0.4, 0.5) is 5.69 Å². The van der Waals surface area contributed by atoms with Crippen molar-refractivity contribution < 1.29 is 14.1 Å². The summed E-state index contributed by atoms with van der Waals surface area (Å²) in [5, 5.41) is 0. The zero-order chi connectivity index (χ0) is 16.1. The van der Waals surface area contributed by atoms with E-state index in [2.05, 4.69) is 22.9 Å². The van der Waals surface area contributed by atoms with Gasteiger partial charge in [-0.1, -0.05) is 18.2 Å².